The van der Waals surface area contributed by atoms with E-state index in [1.54, 1.807) is 0 Å². The first-order chi connectivity index (χ1) is 13.1. The minimum atomic E-state index is -4.56. The third kappa shape index (κ3) is 3.61. The second-order valence-corrected chi connectivity index (χ2v) is 6.27. The number of benzene rings is 2. The molecule has 10 heteroatoms. The van der Waals surface area contributed by atoms with Crippen LogP contribution >= 0.6 is 11.6 Å². The molecule has 0 saturated carbocycles. The van der Waals surface area contributed by atoms with E-state index in [0.717, 1.165) is 29.2 Å². The number of alkyl halides is 3. The van der Waals surface area contributed by atoms with Crippen molar-refractivity contribution < 1.29 is 27.7 Å². The van der Waals surface area contributed by atoms with Crippen LogP contribution in [0.4, 0.5) is 18.9 Å². The Morgan fingerprint density at radius 2 is 1.68 bits per heavy atom. The molecule has 0 saturated heterocycles. The zero-order chi connectivity index (χ0) is 20.6. The summed E-state index contributed by atoms with van der Waals surface area (Å²) in [5, 5.41) is 10.3. The van der Waals surface area contributed by atoms with E-state index >= 15 is 0 Å². The molecule has 3 rings (SSSR count). The lowest BCUT2D eigenvalue weighted by atomic mass is 10.1. The lowest BCUT2D eigenvalue weighted by Crippen LogP contribution is -2.30. The molecule has 0 spiro atoms. The molecule has 0 bridgehead atoms. The van der Waals surface area contributed by atoms with E-state index in [2.05, 4.69) is 0 Å². The van der Waals surface area contributed by atoms with E-state index in [-0.39, 0.29) is 22.4 Å². The van der Waals surface area contributed by atoms with Gasteiger partial charge in [-0.25, -0.2) is 0 Å². The Morgan fingerprint density at radius 1 is 1.04 bits per heavy atom. The highest BCUT2D eigenvalue weighted by atomic mass is 35.5. The van der Waals surface area contributed by atoms with Crippen LogP contribution in [0.5, 0.6) is 0 Å². The molecule has 6 nitrogen and oxygen atoms in total. The number of carbonyl (C=O) groups is 2. The lowest BCUT2D eigenvalue weighted by molar-refractivity contribution is -0.384. The van der Waals surface area contributed by atoms with Gasteiger partial charge in [-0.05, 0) is 35.4 Å². The maximum atomic E-state index is 12.8. The number of rotatable bonds is 4. The molecule has 0 aliphatic carbocycles. The number of nitro benzene ring substituents is 1. The van der Waals surface area contributed by atoms with Crippen LogP contribution in [-0.4, -0.2) is 21.6 Å². The van der Waals surface area contributed by atoms with Gasteiger partial charge in [-0.3, -0.25) is 24.6 Å². The summed E-state index contributed by atoms with van der Waals surface area (Å²) in [6, 6.07) is 9.11. The summed E-state index contributed by atoms with van der Waals surface area (Å²) in [6.07, 6.45) is -4.56. The number of non-ortho nitro benzene ring substituents is 1. The second kappa shape index (κ2) is 7.08. The summed E-state index contributed by atoms with van der Waals surface area (Å²) in [6.45, 7) is -0.395. The van der Waals surface area contributed by atoms with Crippen molar-refractivity contribution in [2.45, 2.75) is 12.7 Å². The highest BCUT2D eigenvalue weighted by molar-refractivity contribution is 6.55. The van der Waals surface area contributed by atoms with Crippen molar-refractivity contribution in [1.29, 1.82) is 0 Å². The third-order valence-corrected chi connectivity index (χ3v) is 4.42. The van der Waals surface area contributed by atoms with Gasteiger partial charge in [-0.2, -0.15) is 13.2 Å². The SMILES string of the molecule is O=C1C(Cl)=C(c2ccc([N+](=O)[O-])cc2)C(=O)N1Cc1cccc(C(F)(F)F)c1. The van der Waals surface area contributed by atoms with Gasteiger partial charge in [0.15, 0.2) is 0 Å². The van der Waals surface area contributed by atoms with Crippen LogP contribution in [0.25, 0.3) is 5.57 Å². The molecule has 1 aliphatic rings. The van der Waals surface area contributed by atoms with Crippen LogP contribution < -0.4 is 0 Å². The highest BCUT2D eigenvalue weighted by Gasteiger charge is 2.38. The van der Waals surface area contributed by atoms with E-state index in [0.29, 0.717) is 0 Å². The van der Waals surface area contributed by atoms with E-state index in [1.165, 1.54) is 24.3 Å². The summed E-state index contributed by atoms with van der Waals surface area (Å²) in [4.78, 5) is 35.8. The fourth-order valence-electron chi connectivity index (χ4n) is 2.72. The summed E-state index contributed by atoms with van der Waals surface area (Å²) >= 11 is 5.98. The molecule has 0 unspecified atom stereocenters. The zero-order valence-corrected chi connectivity index (χ0v) is 14.6. The molecule has 0 fully saturated rings. The Labute approximate surface area is 161 Å². The van der Waals surface area contributed by atoms with Crippen LogP contribution in [0.2, 0.25) is 0 Å². The van der Waals surface area contributed by atoms with Crippen molar-refractivity contribution in [3.63, 3.8) is 0 Å². The number of nitro groups is 1. The summed E-state index contributed by atoms with van der Waals surface area (Å²) < 4.78 is 38.5. The third-order valence-electron chi connectivity index (χ3n) is 4.07. The first-order valence-corrected chi connectivity index (χ1v) is 8.14. The van der Waals surface area contributed by atoms with E-state index in [1.807, 2.05) is 0 Å². The van der Waals surface area contributed by atoms with Crippen molar-refractivity contribution >= 4 is 34.7 Å². The van der Waals surface area contributed by atoms with Crippen LogP contribution in [-0.2, 0) is 22.3 Å². The van der Waals surface area contributed by atoms with Gasteiger partial charge in [-0.1, -0.05) is 23.7 Å². The number of imide groups is 1. The topological polar surface area (TPSA) is 80.5 Å². The van der Waals surface area contributed by atoms with Crippen LogP contribution in [0.15, 0.2) is 53.6 Å². The number of nitrogens with zero attached hydrogens (tertiary/aromatic N) is 2. The smallest absolute Gasteiger partial charge is 0.269 e. The molecular weight excluding hydrogens is 401 g/mol. The van der Waals surface area contributed by atoms with Crippen molar-refractivity contribution in [2.24, 2.45) is 0 Å². The fourth-order valence-corrected chi connectivity index (χ4v) is 3.01. The Bertz CT molecular complexity index is 1020. The van der Waals surface area contributed by atoms with Gasteiger partial charge in [0.25, 0.3) is 17.5 Å². The van der Waals surface area contributed by atoms with Gasteiger partial charge in [0.05, 0.1) is 22.6 Å². The largest absolute Gasteiger partial charge is 0.416 e. The second-order valence-electron chi connectivity index (χ2n) is 5.89. The molecule has 144 valence electrons. The first-order valence-electron chi connectivity index (χ1n) is 7.76. The predicted molar refractivity (Wildman–Crippen MR) is 92.9 cm³/mol. The van der Waals surface area contributed by atoms with Gasteiger partial charge in [0.2, 0.25) is 0 Å². The van der Waals surface area contributed by atoms with E-state index in [9.17, 15) is 32.9 Å². The van der Waals surface area contributed by atoms with Gasteiger partial charge >= 0.3 is 6.18 Å². The first kappa shape index (κ1) is 19.6. The van der Waals surface area contributed by atoms with Gasteiger partial charge in [0.1, 0.15) is 5.03 Å². The number of hydrogen-bond donors (Lipinski definition) is 0. The molecule has 0 aromatic heterocycles. The number of halogens is 4. The van der Waals surface area contributed by atoms with E-state index < -0.39 is 40.1 Å². The molecule has 2 aromatic rings. The van der Waals surface area contributed by atoms with Gasteiger partial charge in [-0.15, -0.1) is 0 Å². The van der Waals surface area contributed by atoms with Crippen molar-refractivity contribution in [3.05, 3.63) is 80.4 Å². The van der Waals surface area contributed by atoms with E-state index in [4.69, 9.17) is 11.6 Å². The molecule has 2 aromatic carbocycles. The minimum absolute atomic E-state index is 0.103. The molecule has 1 heterocycles. The standard InChI is InChI=1S/C18H10ClF3N2O4/c19-15-14(11-4-6-13(7-5-11)24(27)28)16(25)23(17(15)26)9-10-2-1-3-12(8-10)18(20,21)22/h1-8H,9H2. The number of hydrogen-bond acceptors (Lipinski definition) is 4. The average Bonchev–Trinajstić information content (AvgIpc) is 2.85. The molecular formula is C18H10ClF3N2O4. The molecule has 28 heavy (non-hydrogen) atoms. The maximum Gasteiger partial charge on any atom is 0.416 e. The quantitative estimate of drug-likeness (QED) is 0.431. The molecule has 0 N–H and O–H groups in total. The Morgan fingerprint density at radius 3 is 2.25 bits per heavy atom. The predicted octanol–water partition coefficient (Wildman–Crippen LogP) is 4.13. The zero-order valence-electron chi connectivity index (χ0n) is 13.9. The monoisotopic (exact) mass is 410 g/mol. The molecule has 2 amide bonds. The normalized spacial score (nSPS) is 14.8. The van der Waals surface area contributed by atoms with Crippen LogP contribution in [0.3, 0.4) is 0 Å². The summed E-state index contributed by atoms with van der Waals surface area (Å²) in [7, 11) is 0. The Hall–Kier alpha value is -3.20. The fraction of sp³-hybridized carbons (Fsp3) is 0.111. The summed E-state index contributed by atoms with van der Waals surface area (Å²) in [5.74, 6) is -1.64. The van der Waals surface area contributed by atoms with Gasteiger partial charge in [0, 0.05) is 12.1 Å². The van der Waals surface area contributed by atoms with Crippen LogP contribution in [0.1, 0.15) is 16.7 Å². The average molecular weight is 411 g/mol. The van der Waals surface area contributed by atoms with Gasteiger partial charge < -0.3 is 0 Å². The molecule has 1 aliphatic heterocycles. The maximum absolute atomic E-state index is 12.8. The lowest BCUT2D eigenvalue weighted by Gasteiger charge is -2.16. The molecule has 0 radical (unpaired) electrons. The van der Waals surface area contributed by atoms with Crippen LogP contribution in [0, 0.1) is 10.1 Å². The Kier molecular flexibility index (Phi) is 4.95. The van der Waals surface area contributed by atoms with Crippen molar-refractivity contribution in [2.75, 3.05) is 0 Å². The van der Waals surface area contributed by atoms with Crippen molar-refractivity contribution in [1.82, 2.24) is 4.90 Å². The molecule has 0 atom stereocenters. The number of carbonyl (C=O) groups excluding carboxylic acids is 2. The highest BCUT2D eigenvalue weighted by Crippen LogP contribution is 2.34. The number of amides is 2. The summed E-state index contributed by atoms with van der Waals surface area (Å²) in [5.41, 5.74) is -0.975. The van der Waals surface area contributed by atoms with Crippen molar-refractivity contribution in [3.8, 4) is 0 Å². The Balaban J connectivity index is 1.88. The minimum Gasteiger partial charge on any atom is -0.269 e.